The van der Waals surface area contributed by atoms with Gasteiger partial charge in [-0.3, -0.25) is 4.98 Å². The van der Waals surface area contributed by atoms with Gasteiger partial charge in [-0.2, -0.15) is 0 Å². The molecular weight excluding hydrogens is 260 g/mol. The number of aryl methyl sites for hydroxylation is 2. The van der Waals surface area contributed by atoms with E-state index in [1.807, 2.05) is 18.2 Å². The summed E-state index contributed by atoms with van der Waals surface area (Å²) in [6.45, 7) is 2.92. The number of aromatic nitrogens is 1. The molecule has 0 saturated carbocycles. The molecule has 0 radical (unpaired) electrons. The maximum absolute atomic E-state index is 9.80. The van der Waals surface area contributed by atoms with Crippen LogP contribution in [0.4, 0.5) is 0 Å². The number of pyridine rings is 1. The fraction of sp³-hybridized carbons (Fsp3) is 0.389. The predicted octanol–water partition coefficient (Wildman–Crippen LogP) is 3.31. The zero-order valence-corrected chi connectivity index (χ0v) is 12.5. The summed E-state index contributed by atoms with van der Waals surface area (Å²) < 4.78 is 0. The van der Waals surface area contributed by atoms with Crippen LogP contribution in [0.2, 0.25) is 0 Å². The Morgan fingerprint density at radius 3 is 2.95 bits per heavy atom. The van der Waals surface area contributed by atoms with E-state index < -0.39 is 0 Å². The van der Waals surface area contributed by atoms with Crippen molar-refractivity contribution in [3.05, 3.63) is 58.9 Å². The van der Waals surface area contributed by atoms with E-state index >= 15 is 0 Å². The predicted molar refractivity (Wildman–Crippen MR) is 84.5 cm³/mol. The van der Waals surface area contributed by atoms with E-state index in [9.17, 15) is 5.11 Å². The number of phenolic OH excluding ortho intramolecular Hbond substituents is 1. The minimum absolute atomic E-state index is 0.389. The van der Waals surface area contributed by atoms with Crippen molar-refractivity contribution in [2.45, 2.75) is 38.6 Å². The highest BCUT2D eigenvalue weighted by atomic mass is 16.3. The van der Waals surface area contributed by atoms with Gasteiger partial charge in [0.05, 0.1) is 0 Å². The van der Waals surface area contributed by atoms with Gasteiger partial charge in [0.15, 0.2) is 0 Å². The molecule has 0 spiro atoms. The molecule has 1 aliphatic rings. The van der Waals surface area contributed by atoms with Crippen molar-refractivity contribution in [2.24, 2.45) is 0 Å². The lowest BCUT2D eigenvalue weighted by molar-refractivity contribution is 0.447. The van der Waals surface area contributed by atoms with E-state index in [0.717, 1.165) is 30.6 Å². The van der Waals surface area contributed by atoms with Crippen LogP contribution in [0.5, 0.6) is 5.75 Å². The van der Waals surface area contributed by atoms with Crippen molar-refractivity contribution in [1.29, 1.82) is 0 Å². The maximum Gasteiger partial charge on any atom is 0.118 e. The Labute approximate surface area is 126 Å². The van der Waals surface area contributed by atoms with Crippen LogP contribution < -0.4 is 5.32 Å². The third-order valence-electron chi connectivity index (χ3n) is 4.21. The third kappa shape index (κ3) is 3.24. The topological polar surface area (TPSA) is 45.2 Å². The summed E-state index contributed by atoms with van der Waals surface area (Å²) in [7, 11) is 0. The van der Waals surface area contributed by atoms with Crippen molar-refractivity contribution in [3.8, 4) is 5.75 Å². The number of fused-ring (bicyclic) bond motifs is 1. The molecular formula is C18H22N2O. The van der Waals surface area contributed by atoms with Crippen molar-refractivity contribution >= 4 is 0 Å². The fourth-order valence-electron chi connectivity index (χ4n) is 3.08. The average Bonchev–Trinajstić information content (AvgIpc) is 2.49. The Hall–Kier alpha value is -1.87. The van der Waals surface area contributed by atoms with Gasteiger partial charge in [0.2, 0.25) is 0 Å². The molecule has 0 amide bonds. The molecule has 0 saturated heterocycles. The highest BCUT2D eigenvalue weighted by Crippen LogP contribution is 2.28. The summed E-state index contributed by atoms with van der Waals surface area (Å²) in [5, 5.41) is 13.4. The second-order valence-corrected chi connectivity index (χ2v) is 5.77. The molecule has 1 heterocycles. The Morgan fingerprint density at radius 1 is 1.24 bits per heavy atom. The second kappa shape index (κ2) is 6.27. The first-order valence-corrected chi connectivity index (χ1v) is 7.71. The average molecular weight is 282 g/mol. The Balaban J connectivity index is 1.63. The van der Waals surface area contributed by atoms with E-state index in [2.05, 4.69) is 29.4 Å². The quantitative estimate of drug-likeness (QED) is 0.904. The van der Waals surface area contributed by atoms with Crippen LogP contribution in [0.1, 0.15) is 41.4 Å². The van der Waals surface area contributed by atoms with E-state index in [-0.39, 0.29) is 0 Å². The van der Waals surface area contributed by atoms with Crippen LogP contribution in [-0.4, -0.2) is 16.6 Å². The van der Waals surface area contributed by atoms with Crippen molar-refractivity contribution in [3.63, 3.8) is 0 Å². The lowest BCUT2D eigenvalue weighted by atomic mass is 9.91. The highest BCUT2D eigenvalue weighted by molar-refractivity contribution is 5.32. The standard InChI is InChI=1S/C18H22N2O/c1-13-9-10-15-16(6-4-7-17(15)20-13)19-12-11-14-5-2-3-8-18(14)21/h2-3,5,8-10,16,19,21H,4,6-7,11-12H2,1H3. The van der Waals surface area contributed by atoms with Crippen LogP contribution in [0, 0.1) is 6.92 Å². The van der Waals surface area contributed by atoms with Gasteiger partial charge in [0, 0.05) is 17.4 Å². The zero-order chi connectivity index (χ0) is 14.7. The first-order chi connectivity index (χ1) is 10.2. The zero-order valence-electron chi connectivity index (χ0n) is 12.5. The molecule has 1 aliphatic carbocycles. The first-order valence-electron chi connectivity index (χ1n) is 7.71. The summed E-state index contributed by atoms with van der Waals surface area (Å²) in [5.74, 6) is 0.389. The molecule has 1 atom stereocenters. The lowest BCUT2D eigenvalue weighted by Crippen LogP contribution is -2.27. The molecule has 110 valence electrons. The summed E-state index contributed by atoms with van der Waals surface area (Å²) in [4.78, 5) is 4.66. The van der Waals surface area contributed by atoms with Gasteiger partial charge in [-0.1, -0.05) is 24.3 Å². The number of nitrogens with one attached hydrogen (secondary N) is 1. The molecule has 2 N–H and O–H groups in total. The molecule has 1 aromatic carbocycles. The van der Waals surface area contributed by atoms with Gasteiger partial charge in [-0.05, 0) is 62.4 Å². The van der Waals surface area contributed by atoms with Gasteiger partial charge < -0.3 is 10.4 Å². The van der Waals surface area contributed by atoms with Gasteiger partial charge in [0.25, 0.3) is 0 Å². The summed E-state index contributed by atoms with van der Waals surface area (Å²) in [5.41, 5.74) is 4.71. The number of phenols is 1. The lowest BCUT2D eigenvalue weighted by Gasteiger charge is -2.26. The Kier molecular flexibility index (Phi) is 4.20. The molecule has 1 aromatic heterocycles. The number of nitrogens with zero attached hydrogens (tertiary/aromatic N) is 1. The minimum Gasteiger partial charge on any atom is -0.508 e. The van der Waals surface area contributed by atoms with E-state index in [0.29, 0.717) is 11.8 Å². The van der Waals surface area contributed by atoms with Gasteiger partial charge in [-0.15, -0.1) is 0 Å². The van der Waals surface area contributed by atoms with E-state index in [4.69, 9.17) is 0 Å². The number of para-hydroxylation sites is 1. The monoisotopic (exact) mass is 282 g/mol. The smallest absolute Gasteiger partial charge is 0.118 e. The molecule has 3 rings (SSSR count). The van der Waals surface area contributed by atoms with Gasteiger partial charge in [0.1, 0.15) is 5.75 Å². The molecule has 0 fully saturated rings. The summed E-state index contributed by atoms with van der Waals surface area (Å²) >= 11 is 0. The highest BCUT2D eigenvalue weighted by Gasteiger charge is 2.20. The van der Waals surface area contributed by atoms with Gasteiger partial charge in [-0.25, -0.2) is 0 Å². The van der Waals surface area contributed by atoms with Crippen molar-refractivity contribution in [1.82, 2.24) is 10.3 Å². The fourth-order valence-corrected chi connectivity index (χ4v) is 3.08. The number of aromatic hydroxyl groups is 1. The molecule has 0 bridgehead atoms. The van der Waals surface area contributed by atoms with Crippen LogP contribution in [0.3, 0.4) is 0 Å². The molecule has 3 nitrogen and oxygen atoms in total. The van der Waals surface area contributed by atoms with Crippen LogP contribution in [0.15, 0.2) is 36.4 Å². The van der Waals surface area contributed by atoms with E-state index in [1.54, 1.807) is 6.07 Å². The molecule has 0 aliphatic heterocycles. The van der Waals surface area contributed by atoms with E-state index in [1.165, 1.54) is 24.1 Å². The summed E-state index contributed by atoms with van der Waals surface area (Å²) in [6, 6.07) is 12.3. The molecule has 1 unspecified atom stereocenters. The number of benzene rings is 1. The van der Waals surface area contributed by atoms with Gasteiger partial charge >= 0.3 is 0 Å². The summed E-state index contributed by atoms with van der Waals surface area (Å²) in [6.07, 6.45) is 4.29. The molecule has 3 heteroatoms. The van der Waals surface area contributed by atoms with Crippen LogP contribution >= 0.6 is 0 Å². The van der Waals surface area contributed by atoms with Crippen molar-refractivity contribution in [2.75, 3.05) is 6.54 Å². The minimum atomic E-state index is 0.389. The maximum atomic E-state index is 9.80. The number of hydrogen-bond donors (Lipinski definition) is 2. The van der Waals surface area contributed by atoms with Crippen LogP contribution in [0.25, 0.3) is 0 Å². The first kappa shape index (κ1) is 14.1. The van der Waals surface area contributed by atoms with Crippen LogP contribution in [-0.2, 0) is 12.8 Å². The normalized spacial score (nSPS) is 17.5. The van der Waals surface area contributed by atoms with Crippen molar-refractivity contribution < 1.29 is 5.11 Å². The second-order valence-electron chi connectivity index (χ2n) is 5.77. The molecule has 2 aromatic rings. The SMILES string of the molecule is Cc1ccc2c(n1)CCCC2NCCc1ccccc1O. The number of rotatable bonds is 4. The largest absolute Gasteiger partial charge is 0.508 e. The Bertz CT molecular complexity index is 624. The third-order valence-corrected chi connectivity index (χ3v) is 4.21. The number of hydrogen-bond acceptors (Lipinski definition) is 3. The molecule has 21 heavy (non-hydrogen) atoms. The Morgan fingerprint density at radius 2 is 2.10 bits per heavy atom.